The second-order valence-electron chi connectivity index (χ2n) is 4.94. The molecule has 2 aromatic rings. The van der Waals surface area contributed by atoms with Gasteiger partial charge in [-0.25, -0.2) is 4.79 Å². The first-order chi connectivity index (χ1) is 9.56. The number of nitrogens with one attached hydrogen (secondary N) is 2. The third-order valence-corrected chi connectivity index (χ3v) is 3.18. The van der Waals surface area contributed by atoms with Gasteiger partial charge in [-0.3, -0.25) is 10.00 Å². The average molecular weight is 272 g/mol. The lowest BCUT2D eigenvalue weighted by molar-refractivity contribution is 0.251. The SMILES string of the molecule is Cc1cc(NC(=O)NC[C@@H](C)c2ccccc2)n(C)n1. The number of benzene rings is 1. The van der Waals surface area contributed by atoms with Crippen LogP contribution >= 0.6 is 0 Å². The number of carbonyl (C=O) groups excluding carboxylic acids is 1. The predicted molar refractivity (Wildman–Crippen MR) is 79.8 cm³/mol. The van der Waals surface area contributed by atoms with Crippen LogP contribution in [0.4, 0.5) is 10.6 Å². The standard InChI is InChI=1S/C15H20N4O/c1-11(13-7-5-4-6-8-13)10-16-15(20)17-14-9-12(2)18-19(14)3/h4-9,11H,10H2,1-3H3,(H2,16,17,20)/t11-/m1/s1. The summed E-state index contributed by atoms with van der Waals surface area (Å²) in [5, 5.41) is 9.84. The third-order valence-electron chi connectivity index (χ3n) is 3.18. The van der Waals surface area contributed by atoms with Crippen LogP contribution in [-0.2, 0) is 7.05 Å². The van der Waals surface area contributed by atoms with Crippen LogP contribution < -0.4 is 10.6 Å². The molecule has 2 N–H and O–H groups in total. The van der Waals surface area contributed by atoms with Gasteiger partial charge in [0.25, 0.3) is 0 Å². The highest BCUT2D eigenvalue weighted by atomic mass is 16.2. The van der Waals surface area contributed by atoms with Gasteiger partial charge in [0.05, 0.1) is 5.69 Å². The zero-order valence-corrected chi connectivity index (χ0v) is 12.1. The largest absolute Gasteiger partial charge is 0.337 e. The van der Waals surface area contributed by atoms with Crippen molar-refractivity contribution in [2.24, 2.45) is 7.05 Å². The first kappa shape index (κ1) is 14.1. The van der Waals surface area contributed by atoms with Crippen LogP contribution in [0.2, 0.25) is 0 Å². The highest BCUT2D eigenvalue weighted by molar-refractivity contribution is 5.88. The van der Waals surface area contributed by atoms with Crippen molar-refractivity contribution in [1.29, 1.82) is 0 Å². The van der Waals surface area contributed by atoms with Crippen molar-refractivity contribution in [1.82, 2.24) is 15.1 Å². The van der Waals surface area contributed by atoms with Gasteiger partial charge in [-0.05, 0) is 18.4 Å². The molecule has 0 aliphatic rings. The number of urea groups is 1. The highest BCUT2D eigenvalue weighted by Crippen LogP contribution is 2.13. The maximum Gasteiger partial charge on any atom is 0.320 e. The van der Waals surface area contributed by atoms with Crippen molar-refractivity contribution >= 4 is 11.8 Å². The van der Waals surface area contributed by atoms with Crippen LogP contribution in [0.1, 0.15) is 24.1 Å². The van der Waals surface area contributed by atoms with E-state index in [0.29, 0.717) is 12.4 Å². The fourth-order valence-electron chi connectivity index (χ4n) is 2.03. The van der Waals surface area contributed by atoms with E-state index in [2.05, 4.69) is 34.8 Å². The fourth-order valence-corrected chi connectivity index (χ4v) is 2.03. The first-order valence-corrected chi connectivity index (χ1v) is 6.66. The molecule has 0 aliphatic carbocycles. The molecule has 5 heteroatoms. The van der Waals surface area contributed by atoms with E-state index in [1.165, 1.54) is 5.56 Å². The zero-order valence-electron chi connectivity index (χ0n) is 12.1. The molecule has 0 radical (unpaired) electrons. The Morgan fingerprint density at radius 1 is 1.35 bits per heavy atom. The second-order valence-corrected chi connectivity index (χ2v) is 4.94. The van der Waals surface area contributed by atoms with Gasteiger partial charge in [-0.2, -0.15) is 5.10 Å². The molecule has 0 bridgehead atoms. The Morgan fingerprint density at radius 2 is 2.05 bits per heavy atom. The van der Waals surface area contributed by atoms with Crippen molar-refractivity contribution in [2.75, 3.05) is 11.9 Å². The number of aryl methyl sites for hydroxylation is 2. The van der Waals surface area contributed by atoms with E-state index < -0.39 is 0 Å². The molecule has 1 atom stereocenters. The number of amides is 2. The Bertz CT molecular complexity index is 577. The van der Waals surface area contributed by atoms with Gasteiger partial charge in [0.1, 0.15) is 5.82 Å². The molecule has 0 spiro atoms. The maximum absolute atomic E-state index is 11.8. The Balaban J connectivity index is 1.85. The predicted octanol–water partition coefficient (Wildman–Crippen LogP) is 2.65. The van der Waals surface area contributed by atoms with Crippen LogP contribution in [-0.4, -0.2) is 22.4 Å². The van der Waals surface area contributed by atoms with Gasteiger partial charge in [-0.1, -0.05) is 37.3 Å². The van der Waals surface area contributed by atoms with Crippen LogP contribution in [0.25, 0.3) is 0 Å². The summed E-state index contributed by atoms with van der Waals surface area (Å²) in [4.78, 5) is 11.8. The number of hydrogen-bond acceptors (Lipinski definition) is 2. The van der Waals surface area contributed by atoms with Crippen molar-refractivity contribution < 1.29 is 4.79 Å². The minimum Gasteiger partial charge on any atom is -0.337 e. The molecule has 1 heterocycles. The Kier molecular flexibility index (Phi) is 4.40. The van der Waals surface area contributed by atoms with Crippen molar-refractivity contribution in [2.45, 2.75) is 19.8 Å². The van der Waals surface area contributed by atoms with Gasteiger partial charge in [0.2, 0.25) is 0 Å². The van der Waals surface area contributed by atoms with Crippen molar-refractivity contribution in [3.63, 3.8) is 0 Å². The minimum atomic E-state index is -0.212. The van der Waals surface area contributed by atoms with Crippen LogP contribution in [0, 0.1) is 6.92 Å². The molecule has 2 rings (SSSR count). The average Bonchev–Trinajstić information content (AvgIpc) is 2.75. The third kappa shape index (κ3) is 3.60. The first-order valence-electron chi connectivity index (χ1n) is 6.66. The molecule has 0 saturated heterocycles. The minimum absolute atomic E-state index is 0.212. The lowest BCUT2D eigenvalue weighted by atomic mass is 10.0. The van der Waals surface area contributed by atoms with E-state index in [-0.39, 0.29) is 11.9 Å². The number of rotatable bonds is 4. The summed E-state index contributed by atoms with van der Waals surface area (Å²) in [6.07, 6.45) is 0. The molecule has 2 amide bonds. The van der Waals surface area contributed by atoms with Gasteiger partial charge in [0, 0.05) is 19.7 Å². The van der Waals surface area contributed by atoms with Gasteiger partial charge < -0.3 is 5.32 Å². The molecule has 1 aromatic heterocycles. The Hall–Kier alpha value is -2.30. The summed E-state index contributed by atoms with van der Waals surface area (Å²) in [5.74, 6) is 0.961. The number of hydrogen-bond donors (Lipinski definition) is 2. The molecule has 0 saturated carbocycles. The van der Waals surface area contributed by atoms with E-state index >= 15 is 0 Å². The lowest BCUT2D eigenvalue weighted by Gasteiger charge is -2.13. The summed E-state index contributed by atoms with van der Waals surface area (Å²) in [7, 11) is 1.80. The van der Waals surface area contributed by atoms with Crippen molar-refractivity contribution in [3.8, 4) is 0 Å². The summed E-state index contributed by atoms with van der Waals surface area (Å²) >= 11 is 0. The topological polar surface area (TPSA) is 59.0 Å². The van der Waals surface area contributed by atoms with Gasteiger partial charge >= 0.3 is 6.03 Å². The van der Waals surface area contributed by atoms with Gasteiger partial charge in [-0.15, -0.1) is 0 Å². The summed E-state index contributed by atoms with van der Waals surface area (Å²) in [5.41, 5.74) is 2.09. The van der Waals surface area contributed by atoms with Crippen molar-refractivity contribution in [3.05, 3.63) is 47.7 Å². The van der Waals surface area contributed by atoms with Crippen LogP contribution in [0.3, 0.4) is 0 Å². The molecule has 20 heavy (non-hydrogen) atoms. The smallest absolute Gasteiger partial charge is 0.320 e. The van der Waals surface area contributed by atoms with E-state index in [9.17, 15) is 4.79 Å². The summed E-state index contributed by atoms with van der Waals surface area (Å²) < 4.78 is 1.65. The molecule has 0 aliphatic heterocycles. The Morgan fingerprint density at radius 3 is 2.65 bits per heavy atom. The normalized spacial score (nSPS) is 11.9. The maximum atomic E-state index is 11.8. The molecular formula is C15H20N4O. The Labute approximate surface area is 119 Å². The monoisotopic (exact) mass is 272 g/mol. The molecule has 5 nitrogen and oxygen atoms in total. The number of nitrogens with zero attached hydrogens (tertiary/aromatic N) is 2. The fraction of sp³-hybridized carbons (Fsp3) is 0.333. The number of anilines is 1. The second kappa shape index (κ2) is 6.23. The zero-order chi connectivity index (χ0) is 14.5. The number of aromatic nitrogens is 2. The number of carbonyl (C=O) groups is 1. The highest BCUT2D eigenvalue weighted by Gasteiger charge is 2.09. The molecular weight excluding hydrogens is 252 g/mol. The van der Waals surface area contributed by atoms with E-state index in [1.54, 1.807) is 11.7 Å². The van der Waals surface area contributed by atoms with Crippen LogP contribution in [0.5, 0.6) is 0 Å². The molecule has 106 valence electrons. The van der Waals surface area contributed by atoms with E-state index in [1.807, 2.05) is 31.2 Å². The van der Waals surface area contributed by atoms with Gasteiger partial charge in [0.15, 0.2) is 0 Å². The lowest BCUT2D eigenvalue weighted by Crippen LogP contribution is -2.32. The molecule has 0 unspecified atom stereocenters. The molecule has 0 fully saturated rings. The summed E-state index contributed by atoms with van der Waals surface area (Å²) in [6.45, 7) is 4.57. The summed E-state index contributed by atoms with van der Waals surface area (Å²) in [6, 6.07) is 11.7. The quantitative estimate of drug-likeness (QED) is 0.899. The molecule has 1 aromatic carbocycles. The van der Waals surface area contributed by atoms with E-state index in [0.717, 1.165) is 5.69 Å². The van der Waals surface area contributed by atoms with Crippen LogP contribution in [0.15, 0.2) is 36.4 Å². The van der Waals surface area contributed by atoms with E-state index in [4.69, 9.17) is 0 Å².